The Bertz CT molecular complexity index is 1120. The number of para-hydroxylation sites is 1. The number of rotatable bonds is 6. The maximum absolute atomic E-state index is 5.45. The van der Waals surface area contributed by atoms with Gasteiger partial charge in [0.05, 0.1) is 31.5 Å². The molecule has 0 atom stereocenters. The molecule has 0 unspecified atom stereocenters. The summed E-state index contributed by atoms with van der Waals surface area (Å²) >= 11 is 0. The number of nitrogens with zero attached hydrogens (tertiary/aromatic N) is 4. The highest BCUT2D eigenvalue weighted by Gasteiger charge is 2.14. The van der Waals surface area contributed by atoms with Crippen molar-refractivity contribution >= 4 is 46.6 Å². The molecule has 0 spiro atoms. The van der Waals surface area contributed by atoms with Crippen LogP contribution in [0.15, 0.2) is 54.7 Å². The maximum atomic E-state index is 5.45. The SMILES string of the molecule is COc1ccc(Nc2nc(Nc3ccccc3)c3cnn(C)c3n2)c(OC)c1.Cl. The van der Waals surface area contributed by atoms with E-state index in [9.17, 15) is 0 Å². The number of aryl methyl sites for hydroxylation is 1. The van der Waals surface area contributed by atoms with Crippen molar-refractivity contribution in [1.82, 2.24) is 19.7 Å². The molecule has 2 N–H and O–H groups in total. The molecule has 4 aromatic rings. The van der Waals surface area contributed by atoms with Gasteiger partial charge in [0.15, 0.2) is 5.65 Å². The number of aromatic nitrogens is 4. The van der Waals surface area contributed by atoms with Crippen molar-refractivity contribution in [2.75, 3.05) is 24.9 Å². The molecule has 8 nitrogen and oxygen atoms in total. The van der Waals surface area contributed by atoms with Crippen LogP contribution in [0.4, 0.5) is 23.1 Å². The van der Waals surface area contributed by atoms with Crippen molar-refractivity contribution in [3.63, 3.8) is 0 Å². The van der Waals surface area contributed by atoms with Gasteiger partial charge in [-0.2, -0.15) is 15.1 Å². The van der Waals surface area contributed by atoms with Crippen molar-refractivity contribution in [3.8, 4) is 11.5 Å². The Morgan fingerprint density at radius 3 is 2.45 bits per heavy atom. The third-order valence-electron chi connectivity index (χ3n) is 4.28. The third kappa shape index (κ3) is 4.17. The number of ether oxygens (including phenoxy) is 2. The van der Waals surface area contributed by atoms with Gasteiger partial charge in [-0.15, -0.1) is 12.4 Å². The summed E-state index contributed by atoms with van der Waals surface area (Å²) in [5, 5.41) is 11.7. The standard InChI is InChI=1S/C20H20N6O2.ClH/c1-26-19-15(12-21-26)18(22-13-7-5-4-6-8-13)24-20(25-19)23-16-10-9-14(27-2)11-17(16)28-3;/h4-12H,1-3H3,(H2,22,23,24,25);1H. The fourth-order valence-corrected chi connectivity index (χ4v) is 2.85. The van der Waals surface area contributed by atoms with Gasteiger partial charge in [0.1, 0.15) is 17.3 Å². The van der Waals surface area contributed by atoms with Gasteiger partial charge in [-0.25, -0.2) is 0 Å². The van der Waals surface area contributed by atoms with E-state index in [4.69, 9.17) is 9.47 Å². The van der Waals surface area contributed by atoms with Gasteiger partial charge in [0.25, 0.3) is 0 Å². The molecule has 4 rings (SSSR count). The van der Waals surface area contributed by atoms with Crippen molar-refractivity contribution in [1.29, 1.82) is 0 Å². The number of benzene rings is 2. The molecule has 29 heavy (non-hydrogen) atoms. The first kappa shape index (κ1) is 20.2. The molecule has 0 bridgehead atoms. The molecule has 0 aliphatic heterocycles. The van der Waals surface area contributed by atoms with Crippen LogP contribution in [0.5, 0.6) is 11.5 Å². The van der Waals surface area contributed by atoms with Crippen LogP contribution in [0.2, 0.25) is 0 Å². The quantitative estimate of drug-likeness (QED) is 0.488. The fourth-order valence-electron chi connectivity index (χ4n) is 2.85. The third-order valence-corrected chi connectivity index (χ3v) is 4.28. The summed E-state index contributed by atoms with van der Waals surface area (Å²) in [6.07, 6.45) is 1.75. The molecular formula is C20H21ClN6O2. The maximum Gasteiger partial charge on any atom is 0.231 e. The Kier molecular flexibility index (Phi) is 6.04. The second kappa shape index (κ2) is 8.66. The Morgan fingerprint density at radius 2 is 1.72 bits per heavy atom. The molecule has 0 radical (unpaired) electrons. The number of hydrogen-bond acceptors (Lipinski definition) is 7. The molecule has 2 aromatic heterocycles. The first-order chi connectivity index (χ1) is 13.7. The predicted octanol–water partition coefficient (Wildman–Crippen LogP) is 4.29. The van der Waals surface area contributed by atoms with E-state index in [1.165, 1.54) is 0 Å². The minimum Gasteiger partial charge on any atom is -0.497 e. The van der Waals surface area contributed by atoms with Gasteiger partial charge in [-0.3, -0.25) is 4.68 Å². The number of halogens is 1. The van der Waals surface area contributed by atoms with Crippen LogP contribution in [0.3, 0.4) is 0 Å². The van der Waals surface area contributed by atoms with E-state index in [2.05, 4.69) is 25.7 Å². The summed E-state index contributed by atoms with van der Waals surface area (Å²) in [5.74, 6) is 2.43. The van der Waals surface area contributed by atoms with Crippen LogP contribution in [-0.2, 0) is 7.05 Å². The summed E-state index contributed by atoms with van der Waals surface area (Å²) in [7, 11) is 5.07. The number of hydrogen-bond donors (Lipinski definition) is 2. The first-order valence-corrected chi connectivity index (χ1v) is 8.69. The lowest BCUT2D eigenvalue weighted by atomic mass is 10.2. The topological polar surface area (TPSA) is 86.1 Å². The Balaban J connectivity index is 0.00000240. The van der Waals surface area contributed by atoms with Crippen LogP contribution in [0.25, 0.3) is 11.0 Å². The normalized spacial score (nSPS) is 10.3. The van der Waals surface area contributed by atoms with Gasteiger partial charge in [0.2, 0.25) is 5.95 Å². The molecule has 0 aliphatic rings. The molecule has 2 aromatic carbocycles. The molecular weight excluding hydrogens is 392 g/mol. The van der Waals surface area contributed by atoms with Gasteiger partial charge < -0.3 is 20.1 Å². The second-order valence-electron chi connectivity index (χ2n) is 6.08. The lowest BCUT2D eigenvalue weighted by molar-refractivity contribution is 0.395. The van der Waals surface area contributed by atoms with Gasteiger partial charge in [-0.05, 0) is 24.3 Å². The minimum absolute atomic E-state index is 0. The summed E-state index contributed by atoms with van der Waals surface area (Å²) in [5.41, 5.74) is 2.37. The van der Waals surface area contributed by atoms with Crippen LogP contribution < -0.4 is 20.1 Å². The Morgan fingerprint density at radius 1 is 0.931 bits per heavy atom. The molecule has 0 aliphatic carbocycles. The molecule has 150 valence electrons. The lowest BCUT2D eigenvalue weighted by Crippen LogP contribution is -2.04. The van der Waals surface area contributed by atoms with E-state index in [1.54, 1.807) is 31.2 Å². The van der Waals surface area contributed by atoms with E-state index in [-0.39, 0.29) is 12.4 Å². The van der Waals surface area contributed by atoms with Gasteiger partial charge >= 0.3 is 0 Å². The summed E-state index contributed by atoms with van der Waals surface area (Å²) in [4.78, 5) is 9.25. The molecule has 0 saturated carbocycles. The zero-order valence-corrected chi connectivity index (χ0v) is 17.0. The average Bonchev–Trinajstić information content (AvgIpc) is 3.10. The molecule has 0 amide bonds. The van der Waals surface area contributed by atoms with E-state index in [1.807, 2.05) is 49.5 Å². The predicted molar refractivity (Wildman–Crippen MR) is 116 cm³/mol. The number of anilines is 4. The van der Waals surface area contributed by atoms with Crippen LogP contribution in [-0.4, -0.2) is 34.0 Å². The van der Waals surface area contributed by atoms with Gasteiger partial charge in [-0.1, -0.05) is 18.2 Å². The number of fused-ring (bicyclic) bond motifs is 1. The zero-order chi connectivity index (χ0) is 19.5. The van der Waals surface area contributed by atoms with Crippen LogP contribution in [0, 0.1) is 0 Å². The van der Waals surface area contributed by atoms with Crippen LogP contribution >= 0.6 is 12.4 Å². The highest BCUT2D eigenvalue weighted by atomic mass is 35.5. The van der Waals surface area contributed by atoms with E-state index in [0.29, 0.717) is 28.9 Å². The largest absolute Gasteiger partial charge is 0.497 e. The summed E-state index contributed by atoms with van der Waals surface area (Å²) < 4.78 is 12.4. The Labute approximate surface area is 174 Å². The van der Waals surface area contributed by atoms with Gasteiger partial charge in [0, 0.05) is 18.8 Å². The fraction of sp³-hybridized carbons (Fsp3) is 0.150. The summed E-state index contributed by atoms with van der Waals surface area (Å²) in [6, 6.07) is 15.3. The summed E-state index contributed by atoms with van der Waals surface area (Å²) in [6.45, 7) is 0. The molecule has 2 heterocycles. The smallest absolute Gasteiger partial charge is 0.231 e. The minimum atomic E-state index is 0. The van der Waals surface area contributed by atoms with Crippen molar-refractivity contribution in [3.05, 3.63) is 54.7 Å². The van der Waals surface area contributed by atoms with E-state index in [0.717, 1.165) is 16.8 Å². The van der Waals surface area contributed by atoms with Crippen LogP contribution in [0.1, 0.15) is 0 Å². The van der Waals surface area contributed by atoms with Crippen molar-refractivity contribution in [2.24, 2.45) is 7.05 Å². The highest BCUT2D eigenvalue weighted by Crippen LogP contribution is 2.32. The first-order valence-electron chi connectivity index (χ1n) is 8.69. The number of nitrogens with one attached hydrogen (secondary N) is 2. The van der Waals surface area contributed by atoms with Crippen molar-refractivity contribution in [2.45, 2.75) is 0 Å². The molecule has 9 heteroatoms. The Hall–Kier alpha value is -3.52. The van der Waals surface area contributed by atoms with E-state index < -0.39 is 0 Å². The monoisotopic (exact) mass is 412 g/mol. The zero-order valence-electron chi connectivity index (χ0n) is 16.2. The number of methoxy groups -OCH3 is 2. The lowest BCUT2D eigenvalue weighted by Gasteiger charge is -2.13. The molecule has 0 fully saturated rings. The van der Waals surface area contributed by atoms with Crippen molar-refractivity contribution < 1.29 is 9.47 Å². The van der Waals surface area contributed by atoms with E-state index >= 15 is 0 Å². The molecule has 0 saturated heterocycles. The highest BCUT2D eigenvalue weighted by molar-refractivity contribution is 5.89. The average molecular weight is 413 g/mol. The second-order valence-corrected chi connectivity index (χ2v) is 6.08.